The molecule has 0 atom stereocenters. The smallest absolute Gasteiger partial charge is 0.440 e. The molecule has 0 fully saturated rings. The van der Waals surface area contributed by atoms with Gasteiger partial charge in [-0.1, -0.05) is 40.9 Å². The second-order valence-corrected chi connectivity index (χ2v) is 6.65. The third-order valence-corrected chi connectivity index (χ3v) is 2.73. The van der Waals surface area contributed by atoms with E-state index >= 15 is 0 Å². The van der Waals surface area contributed by atoms with Crippen LogP contribution in [0.1, 0.15) is 5.56 Å². The summed E-state index contributed by atoms with van der Waals surface area (Å²) in [6.45, 7) is -0.344. The zero-order valence-electron chi connectivity index (χ0n) is 10.9. The van der Waals surface area contributed by atoms with Crippen molar-refractivity contribution < 1.29 is 28.6 Å². The van der Waals surface area contributed by atoms with Gasteiger partial charge in [0.1, 0.15) is 6.61 Å². The van der Waals surface area contributed by atoms with Gasteiger partial charge in [0.05, 0.1) is 6.42 Å². The standard InChI is InChI=1S/C12H10Cl3NO6/c13-12(14,15)5-19-11(18)16-22-10(17)4-7-1-2-8-9(3-7)21-6-20-8/h1-3H,4-6H2,(H,16,18). The fraction of sp³-hybridized carbons (Fsp3) is 0.333. The summed E-state index contributed by atoms with van der Waals surface area (Å²) in [4.78, 5) is 27.3. The van der Waals surface area contributed by atoms with Crippen LogP contribution >= 0.6 is 34.8 Å². The first-order valence-electron chi connectivity index (χ1n) is 5.91. The molecule has 1 aromatic carbocycles. The van der Waals surface area contributed by atoms with Gasteiger partial charge in [-0.3, -0.25) is 0 Å². The maximum Gasteiger partial charge on any atom is 0.440 e. The first-order chi connectivity index (χ1) is 10.3. The van der Waals surface area contributed by atoms with Gasteiger partial charge in [0.15, 0.2) is 11.5 Å². The number of alkyl halides is 3. The van der Waals surface area contributed by atoms with Crippen LogP contribution in [0, 0.1) is 0 Å². The molecule has 1 N–H and O–H groups in total. The lowest BCUT2D eigenvalue weighted by atomic mass is 10.1. The van der Waals surface area contributed by atoms with E-state index in [-0.39, 0.29) is 13.2 Å². The first-order valence-corrected chi connectivity index (χ1v) is 7.04. The van der Waals surface area contributed by atoms with Crippen molar-refractivity contribution in [2.24, 2.45) is 0 Å². The third-order valence-electron chi connectivity index (χ3n) is 2.40. The molecule has 0 aromatic heterocycles. The molecule has 1 amide bonds. The molecular weight excluding hydrogens is 360 g/mol. The van der Waals surface area contributed by atoms with Crippen LogP contribution in [0.15, 0.2) is 18.2 Å². The van der Waals surface area contributed by atoms with E-state index in [2.05, 4.69) is 9.57 Å². The zero-order valence-corrected chi connectivity index (χ0v) is 13.2. The molecule has 1 heterocycles. The average molecular weight is 371 g/mol. The lowest BCUT2D eigenvalue weighted by Crippen LogP contribution is -2.30. The molecular formula is C12H10Cl3NO6. The SMILES string of the molecule is O=C(Cc1ccc2c(c1)OCO2)ONC(=O)OCC(Cl)(Cl)Cl. The van der Waals surface area contributed by atoms with E-state index < -0.39 is 22.5 Å². The molecule has 0 unspecified atom stereocenters. The number of benzene rings is 1. The molecule has 22 heavy (non-hydrogen) atoms. The number of fused-ring (bicyclic) bond motifs is 1. The molecule has 10 heteroatoms. The fourth-order valence-electron chi connectivity index (χ4n) is 1.53. The molecule has 2 rings (SSSR count). The van der Waals surface area contributed by atoms with E-state index in [1.807, 2.05) is 0 Å². The molecule has 1 aliphatic rings. The number of halogens is 3. The summed E-state index contributed by atoms with van der Waals surface area (Å²) in [7, 11) is 0. The van der Waals surface area contributed by atoms with E-state index in [0.717, 1.165) is 0 Å². The minimum absolute atomic E-state index is 0.0820. The first kappa shape index (κ1) is 16.8. The molecule has 0 radical (unpaired) electrons. The highest BCUT2D eigenvalue weighted by molar-refractivity contribution is 6.67. The Kier molecular flexibility index (Phi) is 5.44. The Balaban J connectivity index is 1.75. The van der Waals surface area contributed by atoms with Crippen LogP contribution in [0.5, 0.6) is 11.5 Å². The Labute approximate surface area is 140 Å². The summed E-state index contributed by atoms with van der Waals surface area (Å²) in [5.74, 6) is 0.440. The van der Waals surface area contributed by atoms with Crippen LogP contribution in [0.4, 0.5) is 4.79 Å². The van der Waals surface area contributed by atoms with Crippen molar-refractivity contribution in [1.29, 1.82) is 0 Å². The monoisotopic (exact) mass is 369 g/mol. The Morgan fingerprint density at radius 2 is 1.95 bits per heavy atom. The fourth-order valence-corrected chi connectivity index (χ4v) is 1.69. The molecule has 7 nitrogen and oxygen atoms in total. The molecule has 1 aromatic rings. The van der Waals surface area contributed by atoms with E-state index in [0.29, 0.717) is 17.1 Å². The molecule has 0 bridgehead atoms. The lowest BCUT2D eigenvalue weighted by molar-refractivity contribution is -0.148. The predicted molar refractivity (Wildman–Crippen MR) is 77.1 cm³/mol. The van der Waals surface area contributed by atoms with E-state index in [9.17, 15) is 9.59 Å². The molecule has 0 saturated carbocycles. The van der Waals surface area contributed by atoms with Crippen molar-refractivity contribution in [3.8, 4) is 11.5 Å². The highest BCUT2D eigenvalue weighted by Crippen LogP contribution is 2.32. The third kappa shape index (κ3) is 5.32. The normalized spacial score (nSPS) is 12.7. The molecule has 0 saturated heterocycles. The Bertz CT molecular complexity index is 574. The Morgan fingerprint density at radius 3 is 2.68 bits per heavy atom. The number of hydrogen-bond acceptors (Lipinski definition) is 6. The topological polar surface area (TPSA) is 83.1 Å². The van der Waals surface area contributed by atoms with Crippen molar-refractivity contribution in [3.63, 3.8) is 0 Å². The number of nitrogens with one attached hydrogen (secondary N) is 1. The number of rotatable bonds is 3. The van der Waals surface area contributed by atoms with Gasteiger partial charge in [-0.25, -0.2) is 9.59 Å². The van der Waals surface area contributed by atoms with Gasteiger partial charge >= 0.3 is 12.1 Å². The van der Waals surface area contributed by atoms with E-state index in [1.165, 1.54) is 0 Å². The summed E-state index contributed by atoms with van der Waals surface area (Å²) >= 11 is 16.2. The summed E-state index contributed by atoms with van der Waals surface area (Å²) < 4.78 is 13.1. The summed E-state index contributed by atoms with van der Waals surface area (Å²) in [5.41, 5.74) is 2.42. The number of hydroxylamine groups is 1. The van der Waals surface area contributed by atoms with Gasteiger partial charge in [-0.2, -0.15) is 0 Å². The van der Waals surface area contributed by atoms with E-state index in [1.54, 1.807) is 23.7 Å². The van der Waals surface area contributed by atoms with Crippen molar-refractivity contribution in [2.45, 2.75) is 10.2 Å². The van der Waals surface area contributed by atoms with Gasteiger partial charge in [0.25, 0.3) is 0 Å². The van der Waals surface area contributed by atoms with Gasteiger partial charge in [-0.15, -0.1) is 5.48 Å². The van der Waals surface area contributed by atoms with Gasteiger partial charge in [0, 0.05) is 0 Å². The summed E-state index contributed by atoms with van der Waals surface area (Å²) in [5, 5.41) is 0. The molecule has 0 aliphatic carbocycles. The van der Waals surface area contributed by atoms with Crippen LogP contribution in [-0.4, -0.2) is 29.3 Å². The average Bonchev–Trinajstić information content (AvgIpc) is 2.89. The Morgan fingerprint density at radius 1 is 1.23 bits per heavy atom. The van der Waals surface area contributed by atoms with Crippen molar-refractivity contribution >= 4 is 46.9 Å². The van der Waals surface area contributed by atoms with Crippen LogP contribution in [0.3, 0.4) is 0 Å². The van der Waals surface area contributed by atoms with Crippen LogP contribution in [0.2, 0.25) is 0 Å². The van der Waals surface area contributed by atoms with Gasteiger partial charge in [0.2, 0.25) is 10.6 Å². The second kappa shape index (κ2) is 7.13. The van der Waals surface area contributed by atoms with Crippen LogP contribution in [-0.2, 0) is 20.8 Å². The number of carbonyl (C=O) groups is 2. The second-order valence-electron chi connectivity index (χ2n) is 4.13. The predicted octanol–water partition coefficient (Wildman–Crippen LogP) is 2.51. The van der Waals surface area contributed by atoms with Crippen molar-refractivity contribution in [3.05, 3.63) is 23.8 Å². The Hall–Kier alpha value is -1.57. The number of amides is 1. The maximum absolute atomic E-state index is 11.6. The molecule has 0 spiro atoms. The highest BCUT2D eigenvalue weighted by atomic mass is 35.6. The lowest BCUT2D eigenvalue weighted by Gasteiger charge is -2.11. The maximum atomic E-state index is 11.6. The molecule has 1 aliphatic heterocycles. The van der Waals surface area contributed by atoms with Gasteiger partial charge < -0.3 is 19.0 Å². The number of hydrogen-bond donors (Lipinski definition) is 1. The van der Waals surface area contributed by atoms with Crippen molar-refractivity contribution in [2.75, 3.05) is 13.4 Å². The minimum Gasteiger partial charge on any atom is -0.454 e. The zero-order chi connectivity index (χ0) is 16.2. The van der Waals surface area contributed by atoms with E-state index in [4.69, 9.17) is 44.3 Å². The number of carbonyl (C=O) groups excluding carboxylic acids is 2. The highest BCUT2D eigenvalue weighted by Gasteiger charge is 2.22. The number of ether oxygens (including phenoxy) is 3. The van der Waals surface area contributed by atoms with Crippen LogP contribution in [0.25, 0.3) is 0 Å². The van der Waals surface area contributed by atoms with Crippen LogP contribution < -0.4 is 15.0 Å². The molecule has 120 valence electrons. The quantitative estimate of drug-likeness (QED) is 0.650. The summed E-state index contributed by atoms with van der Waals surface area (Å²) in [6.07, 6.45) is -1.13. The van der Waals surface area contributed by atoms with Crippen molar-refractivity contribution in [1.82, 2.24) is 5.48 Å². The minimum atomic E-state index is -1.74. The summed E-state index contributed by atoms with van der Waals surface area (Å²) in [6, 6.07) is 4.99. The van der Waals surface area contributed by atoms with Gasteiger partial charge in [-0.05, 0) is 17.7 Å². The largest absolute Gasteiger partial charge is 0.454 e.